The lowest BCUT2D eigenvalue weighted by molar-refractivity contribution is -0.133. The molecule has 24 heavy (non-hydrogen) atoms. The number of carbonyl (C=O) groups excluding carboxylic acids is 1. The minimum absolute atomic E-state index is 0.00377. The molecule has 7 heteroatoms. The van der Waals surface area contributed by atoms with Crippen molar-refractivity contribution >= 4 is 11.9 Å². The van der Waals surface area contributed by atoms with Gasteiger partial charge in [-0.05, 0) is 24.6 Å². The minimum Gasteiger partial charge on any atom is -0.484 e. The fourth-order valence-electron chi connectivity index (χ4n) is 2.60. The number of ether oxygens (including phenoxy) is 1. The zero-order valence-electron chi connectivity index (χ0n) is 14.1. The third kappa shape index (κ3) is 3.84. The normalized spacial score (nSPS) is 14.8. The number of hydrogen-bond donors (Lipinski definition) is 0. The van der Waals surface area contributed by atoms with Crippen LogP contribution in [0.15, 0.2) is 28.7 Å². The van der Waals surface area contributed by atoms with Gasteiger partial charge < -0.3 is 19.0 Å². The van der Waals surface area contributed by atoms with Crippen LogP contribution in [0.2, 0.25) is 0 Å². The van der Waals surface area contributed by atoms with Gasteiger partial charge in [-0.25, -0.2) is 0 Å². The lowest BCUT2D eigenvalue weighted by atomic mass is 10.2. The molecule has 0 unspecified atom stereocenters. The van der Waals surface area contributed by atoms with E-state index in [9.17, 15) is 4.79 Å². The van der Waals surface area contributed by atoms with Gasteiger partial charge in [-0.1, -0.05) is 24.2 Å². The quantitative estimate of drug-likeness (QED) is 0.830. The second kappa shape index (κ2) is 7.33. The van der Waals surface area contributed by atoms with Crippen molar-refractivity contribution in [3.05, 3.63) is 35.7 Å². The maximum atomic E-state index is 12.3. The molecule has 3 rings (SSSR count). The molecule has 128 valence electrons. The van der Waals surface area contributed by atoms with Gasteiger partial charge in [-0.2, -0.15) is 0 Å². The van der Waals surface area contributed by atoms with Gasteiger partial charge >= 0.3 is 6.01 Å². The molecule has 0 N–H and O–H groups in total. The van der Waals surface area contributed by atoms with E-state index >= 15 is 0 Å². The average molecular weight is 330 g/mol. The molecule has 1 aromatic heterocycles. The Bertz CT molecular complexity index is 693. The number of aromatic nitrogens is 2. The van der Waals surface area contributed by atoms with Crippen LogP contribution in [-0.4, -0.2) is 53.8 Å². The number of carbonyl (C=O) groups is 1. The van der Waals surface area contributed by atoms with Gasteiger partial charge in [0.05, 0.1) is 0 Å². The van der Waals surface area contributed by atoms with E-state index in [1.165, 1.54) is 0 Å². The van der Waals surface area contributed by atoms with Gasteiger partial charge in [0.25, 0.3) is 5.91 Å². The van der Waals surface area contributed by atoms with E-state index in [4.69, 9.17) is 9.15 Å². The Morgan fingerprint density at radius 1 is 1.25 bits per heavy atom. The molecule has 1 saturated heterocycles. The third-order valence-corrected chi connectivity index (χ3v) is 4.01. The van der Waals surface area contributed by atoms with Crippen LogP contribution in [-0.2, 0) is 11.2 Å². The first-order chi connectivity index (χ1) is 11.7. The summed E-state index contributed by atoms with van der Waals surface area (Å²) < 4.78 is 11.1. The molecule has 1 amide bonds. The molecule has 0 bridgehead atoms. The number of aryl methyl sites for hydroxylation is 2. The van der Waals surface area contributed by atoms with Crippen LogP contribution >= 0.6 is 0 Å². The van der Waals surface area contributed by atoms with Crippen molar-refractivity contribution in [1.82, 2.24) is 15.1 Å². The summed E-state index contributed by atoms with van der Waals surface area (Å²) in [7, 11) is 0. The van der Waals surface area contributed by atoms with Crippen molar-refractivity contribution in [3.8, 4) is 5.75 Å². The number of rotatable bonds is 5. The Hall–Kier alpha value is -2.57. The topological polar surface area (TPSA) is 71.7 Å². The molecule has 0 atom stereocenters. The Labute approximate surface area is 141 Å². The summed E-state index contributed by atoms with van der Waals surface area (Å²) in [6.45, 7) is 6.64. The van der Waals surface area contributed by atoms with Crippen molar-refractivity contribution in [2.75, 3.05) is 37.7 Å². The van der Waals surface area contributed by atoms with Gasteiger partial charge in [0.2, 0.25) is 5.89 Å². The second-order valence-electron chi connectivity index (χ2n) is 5.80. The van der Waals surface area contributed by atoms with E-state index in [-0.39, 0.29) is 12.5 Å². The van der Waals surface area contributed by atoms with Gasteiger partial charge in [0.15, 0.2) is 6.61 Å². The van der Waals surface area contributed by atoms with Crippen LogP contribution in [0.1, 0.15) is 18.4 Å². The fourth-order valence-corrected chi connectivity index (χ4v) is 2.60. The molecule has 2 aromatic rings. The molecule has 2 heterocycles. The van der Waals surface area contributed by atoms with Gasteiger partial charge in [0, 0.05) is 32.6 Å². The predicted octanol–water partition coefficient (Wildman–Crippen LogP) is 1.67. The first-order valence-electron chi connectivity index (χ1n) is 8.20. The highest BCUT2D eigenvalue weighted by Crippen LogP contribution is 2.16. The second-order valence-corrected chi connectivity index (χ2v) is 5.80. The summed E-state index contributed by atoms with van der Waals surface area (Å²) in [4.78, 5) is 16.1. The number of nitrogens with zero attached hydrogens (tertiary/aromatic N) is 4. The van der Waals surface area contributed by atoms with Crippen LogP contribution < -0.4 is 9.64 Å². The SMILES string of the molecule is CCc1nnc(N2CCN(C(=O)COc3cccc(C)c3)CC2)o1. The number of piperazine rings is 1. The van der Waals surface area contributed by atoms with Crippen molar-refractivity contribution in [2.24, 2.45) is 0 Å². The smallest absolute Gasteiger partial charge is 0.318 e. The first-order valence-corrected chi connectivity index (χ1v) is 8.20. The van der Waals surface area contributed by atoms with Crippen LogP contribution in [0.5, 0.6) is 5.75 Å². The summed E-state index contributed by atoms with van der Waals surface area (Å²) >= 11 is 0. The van der Waals surface area contributed by atoms with Crippen LogP contribution in [0.3, 0.4) is 0 Å². The van der Waals surface area contributed by atoms with Crippen molar-refractivity contribution in [3.63, 3.8) is 0 Å². The van der Waals surface area contributed by atoms with E-state index in [2.05, 4.69) is 10.2 Å². The van der Waals surface area contributed by atoms with E-state index in [1.807, 2.05) is 47.9 Å². The maximum absolute atomic E-state index is 12.3. The summed E-state index contributed by atoms with van der Waals surface area (Å²) in [6, 6.07) is 8.23. The monoisotopic (exact) mass is 330 g/mol. The molecule has 1 aliphatic heterocycles. The molecule has 0 spiro atoms. The number of hydrogen-bond acceptors (Lipinski definition) is 6. The van der Waals surface area contributed by atoms with E-state index in [0.29, 0.717) is 38.1 Å². The van der Waals surface area contributed by atoms with Gasteiger partial charge in [0.1, 0.15) is 5.75 Å². The Balaban J connectivity index is 1.48. The fraction of sp³-hybridized carbons (Fsp3) is 0.471. The molecule has 1 aliphatic rings. The Morgan fingerprint density at radius 3 is 2.71 bits per heavy atom. The Kier molecular flexibility index (Phi) is 4.98. The third-order valence-electron chi connectivity index (χ3n) is 4.01. The predicted molar refractivity (Wildman–Crippen MR) is 89.1 cm³/mol. The number of benzene rings is 1. The molecule has 1 aromatic carbocycles. The van der Waals surface area contributed by atoms with Crippen LogP contribution in [0, 0.1) is 6.92 Å². The van der Waals surface area contributed by atoms with Gasteiger partial charge in [-0.3, -0.25) is 4.79 Å². The van der Waals surface area contributed by atoms with Crippen LogP contribution in [0.4, 0.5) is 6.01 Å². The van der Waals surface area contributed by atoms with Crippen LogP contribution in [0.25, 0.3) is 0 Å². The molecule has 0 radical (unpaired) electrons. The lowest BCUT2D eigenvalue weighted by Crippen LogP contribution is -2.50. The standard InChI is InChI=1S/C17H22N4O3/c1-3-15-18-19-17(24-15)21-9-7-20(8-10-21)16(22)12-23-14-6-4-5-13(2)11-14/h4-6,11H,3,7-10,12H2,1-2H3. The molecule has 1 fully saturated rings. The van der Waals surface area contributed by atoms with E-state index < -0.39 is 0 Å². The van der Waals surface area contributed by atoms with Crippen molar-refractivity contribution in [2.45, 2.75) is 20.3 Å². The highest BCUT2D eigenvalue weighted by atomic mass is 16.5. The number of amides is 1. The summed E-state index contributed by atoms with van der Waals surface area (Å²) in [6.07, 6.45) is 0.724. The van der Waals surface area contributed by atoms with Crippen molar-refractivity contribution < 1.29 is 13.9 Å². The first kappa shape index (κ1) is 16.3. The highest BCUT2D eigenvalue weighted by Gasteiger charge is 2.24. The maximum Gasteiger partial charge on any atom is 0.318 e. The lowest BCUT2D eigenvalue weighted by Gasteiger charge is -2.33. The van der Waals surface area contributed by atoms with E-state index in [1.54, 1.807) is 0 Å². The molecule has 7 nitrogen and oxygen atoms in total. The van der Waals surface area contributed by atoms with Crippen molar-refractivity contribution in [1.29, 1.82) is 0 Å². The zero-order valence-corrected chi connectivity index (χ0v) is 14.1. The molecule has 0 saturated carbocycles. The van der Waals surface area contributed by atoms with E-state index in [0.717, 1.165) is 17.7 Å². The molecular formula is C17H22N4O3. The number of anilines is 1. The summed E-state index contributed by atoms with van der Waals surface area (Å²) in [5.74, 6) is 1.35. The zero-order chi connectivity index (χ0) is 16.9. The molecule has 0 aliphatic carbocycles. The largest absolute Gasteiger partial charge is 0.484 e. The summed E-state index contributed by atoms with van der Waals surface area (Å²) in [5.41, 5.74) is 1.11. The van der Waals surface area contributed by atoms with Gasteiger partial charge in [-0.15, -0.1) is 5.10 Å². The average Bonchev–Trinajstić information content (AvgIpc) is 3.09. The Morgan fingerprint density at radius 2 is 2.04 bits per heavy atom. The highest BCUT2D eigenvalue weighted by molar-refractivity contribution is 5.78. The summed E-state index contributed by atoms with van der Waals surface area (Å²) in [5, 5.41) is 8.02. The molecular weight excluding hydrogens is 308 g/mol. The minimum atomic E-state index is -0.00377.